The fourth-order valence-electron chi connectivity index (χ4n) is 2.67. The van der Waals surface area contributed by atoms with Crippen LogP contribution in [0.25, 0.3) is 11.3 Å². The average Bonchev–Trinajstić information content (AvgIpc) is 2.58. The first-order valence-corrected chi connectivity index (χ1v) is 6.31. The summed E-state index contributed by atoms with van der Waals surface area (Å²) in [5, 5.41) is 0. The van der Waals surface area contributed by atoms with Crippen LogP contribution in [0.3, 0.4) is 0 Å². The highest BCUT2D eigenvalue weighted by atomic mass is 14.8. The molecule has 0 unspecified atom stereocenters. The number of benzene rings is 1. The lowest BCUT2D eigenvalue weighted by Gasteiger charge is -2.10. The van der Waals surface area contributed by atoms with Crippen LogP contribution in [0.5, 0.6) is 0 Å². The van der Waals surface area contributed by atoms with Gasteiger partial charge in [0.1, 0.15) is 6.33 Å². The molecule has 86 valence electrons. The SMILES string of the molecule is CCc1ncnc2c1CCCc1ccccc1-2. The molecule has 3 rings (SSSR count). The van der Waals surface area contributed by atoms with Gasteiger partial charge in [0.15, 0.2) is 0 Å². The fraction of sp³-hybridized carbons (Fsp3) is 0.333. The zero-order valence-electron chi connectivity index (χ0n) is 10.1. The standard InChI is InChI=1S/C15H16N2/c1-2-14-13-9-5-7-11-6-3-4-8-12(11)15(13)17-10-16-14/h3-4,6,8,10H,2,5,7,9H2,1H3. The summed E-state index contributed by atoms with van der Waals surface area (Å²) in [5.74, 6) is 0. The molecule has 2 aromatic rings. The number of fused-ring (bicyclic) bond motifs is 3. The van der Waals surface area contributed by atoms with Gasteiger partial charge in [-0.25, -0.2) is 9.97 Å². The molecule has 0 saturated heterocycles. The van der Waals surface area contributed by atoms with Gasteiger partial charge in [-0.3, -0.25) is 0 Å². The van der Waals surface area contributed by atoms with Crippen molar-refractivity contribution in [2.24, 2.45) is 0 Å². The van der Waals surface area contributed by atoms with Gasteiger partial charge >= 0.3 is 0 Å². The van der Waals surface area contributed by atoms with Crippen molar-refractivity contribution in [3.8, 4) is 11.3 Å². The number of nitrogens with zero attached hydrogens (tertiary/aromatic N) is 2. The molecule has 0 radical (unpaired) electrons. The van der Waals surface area contributed by atoms with Crippen LogP contribution in [0, 0.1) is 0 Å². The van der Waals surface area contributed by atoms with E-state index >= 15 is 0 Å². The predicted octanol–water partition coefficient (Wildman–Crippen LogP) is 3.19. The second-order valence-corrected chi connectivity index (χ2v) is 4.51. The third kappa shape index (κ3) is 1.74. The quantitative estimate of drug-likeness (QED) is 0.743. The van der Waals surface area contributed by atoms with E-state index in [9.17, 15) is 0 Å². The summed E-state index contributed by atoms with van der Waals surface area (Å²) in [6.07, 6.45) is 6.15. The van der Waals surface area contributed by atoms with E-state index in [1.165, 1.54) is 28.8 Å². The minimum atomic E-state index is 0.993. The lowest BCUT2D eigenvalue weighted by atomic mass is 10.0. The lowest BCUT2D eigenvalue weighted by molar-refractivity contribution is 0.811. The molecule has 0 fully saturated rings. The van der Waals surface area contributed by atoms with Gasteiger partial charge < -0.3 is 0 Å². The van der Waals surface area contributed by atoms with Crippen LogP contribution in [0.15, 0.2) is 30.6 Å². The summed E-state index contributed by atoms with van der Waals surface area (Å²) in [6, 6.07) is 8.62. The minimum Gasteiger partial charge on any atom is -0.241 e. The van der Waals surface area contributed by atoms with Crippen molar-refractivity contribution in [1.82, 2.24) is 9.97 Å². The molecular formula is C15H16N2. The van der Waals surface area contributed by atoms with Crippen LogP contribution in [0.2, 0.25) is 0 Å². The van der Waals surface area contributed by atoms with E-state index in [2.05, 4.69) is 41.2 Å². The van der Waals surface area contributed by atoms with Gasteiger partial charge in [0.25, 0.3) is 0 Å². The number of aromatic nitrogens is 2. The van der Waals surface area contributed by atoms with E-state index in [1.807, 2.05) is 0 Å². The Morgan fingerprint density at radius 1 is 1.12 bits per heavy atom. The van der Waals surface area contributed by atoms with Crippen molar-refractivity contribution in [2.45, 2.75) is 32.6 Å². The highest BCUT2D eigenvalue weighted by Gasteiger charge is 2.17. The number of aryl methyl sites for hydroxylation is 2. The Morgan fingerprint density at radius 3 is 2.88 bits per heavy atom. The second-order valence-electron chi connectivity index (χ2n) is 4.51. The molecule has 1 aliphatic rings. The molecule has 0 aliphatic heterocycles. The van der Waals surface area contributed by atoms with Crippen LogP contribution in [0.1, 0.15) is 30.2 Å². The monoisotopic (exact) mass is 224 g/mol. The van der Waals surface area contributed by atoms with E-state index in [0.29, 0.717) is 0 Å². The van der Waals surface area contributed by atoms with E-state index < -0.39 is 0 Å². The fourth-order valence-corrected chi connectivity index (χ4v) is 2.67. The van der Waals surface area contributed by atoms with Gasteiger partial charge in [0, 0.05) is 11.3 Å². The lowest BCUT2D eigenvalue weighted by Crippen LogP contribution is -2.00. The van der Waals surface area contributed by atoms with Crippen molar-refractivity contribution in [3.63, 3.8) is 0 Å². The Kier molecular flexibility index (Phi) is 2.63. The molecule has 0 spiro atoms. The highest BCUT2D eigenvalue weighted by Crippen LogP contribution is 2.31. The largest absolute Gasteiger partial charge is 0.241 e. The second kappa shape index (κ2) is 4.28. The molecule has 2 heteroatoms. The Hall–Kier alpha value is -1.70. The van der Waals surface area contributed by atoms with E-state index in [-0.39, 0.29) is 0 Å². The third-order valence-electron chi connectivity index (χ3n) is 3.51. The molecule has 1 aromatic heterocycles. The normalized spacial score (nSPS) is 13.7. The van der Waals surface area contributed by atoms with Gasteiger partial charge in [0.05, 0.1) is 5.69 Å². The Balaban J connectivity index is 2.26. The molecule has 0 atom stereocenters. The molecule has 2 nitrogen and oxygen atoms in total. The van der Waals surface area contributed by atoms with Crippen molar-refractivity contribution in [1.29, 1.82) is 0 Å². The Labute approximate surface area is 102 Å². The first-order valence-electron chi connectivity index (χ1n) is 6.31. The highest BCUT2D eigenvalue weighted by molar-refractivity contribution is 5.68. The predicted molar refractivity (Wildman–Crippen MR) is 68.9 cm³/mol. The van der Waals surface area contributed by atoms with Gasteiger partial charge in [-0.05, 0) is 36.8 Å². The average molecular weight is 224 g/mol. The van der Waals surface area contributed by atoms with E-state index in [4.69, 9.17) is 0 Å². The third-order valence-corrected chi connectivity index (χ3v) is 3.51. The molecule has 1 aliphatic carbocycles. The number of hydrogen-bond acceptors (Lipinski definition) is 2. The van der Waals surface area contributed by atoms with Gasteiger partial charge in [0.2, 0.25) is 0 Å². The molecule has 1 aromatic carbocycles. The maximum absolute atomic E-state index is 4.52. The molecule has 1 heterocycles. The Bertz CT molecular complexity index is 546. The summed E-state index contributed by atoms with van der Waals surface area (Å²) in [5.41, 5.74) is 6.46. The van der Waals surface area contributed by atoms with Gasteiger partial charge in [-0.1, -0.05) is 31.2 Å². The molecule has 0 N–H and O–H groups in total. The molecule has 0 saturated carbocycles. The topological polar surface area (TPSA) is 25.8 Å². The summed E-state index contributed by atoms with van der Waals surface area (Å²) in [4.78, 5) is 8.93. The van der Waals surface area contributed by atoms with Crippen molar-refractivity contribution >= 4 is 0 Å². The van der Waals surface area contributed by atoms with Crippen molar-refractivity contribution in [2.75, 3.05) is 0 Å². The van der Waals surface area contributed by atoms with Crippen LogP contribution in [-0.4, -0.2) is 9.97 Å². The van der Waals surface area contributed by atoms with Crippen molar-refractivity contribution < 1.29 is 0 Å². The number of hydrogen-bond donors (Lipinski definition) is 0. The van der Waals surface area contributed by atoms with Crippen molar-refractivity contribution in [3.05, 3.63) is 47.4 Å². The van der Waals surface area contributed by atoms with E-state index in [0.717, 1.165) is 25.0 Å². The van der Waals surface area contributed by atoms with Gasteiger partial charge in [-0.2, -0.15) is 0 Å². The smallest absolute Gasteiger partial charge is 0.116 e. The first kappa shape index (κ1) is 10.5. The Morgan fingerprint density at radius 2 is 2.00 bits per heavy atom. The maximum atomic E-state index is 4.52. The summed E-state index contributed by atoms with van der Waals surface area (Å²) in [7, 11) is 0. The summed E-state index contributed by atoms with van der Waals surface area (Å²) in [6.45, 7) is 2.17. The van der Waals surface area contributed by atoms with Crippen LogP contribution in [-0.2, 0) is 19.3 Å². The molecule has 17 heavy (non-hydrogen) atoms. The van der Waals surface area contributed by atoms with Gasteiger partial charge in [-0.15, -0.1) is 0 Å². The zero-order chi connectivity index (χ0) is 11.7. The maximum Gasteiger partial charge on any atom is 0.116 e. The first-order chi connectivity index (χ1) is 8.40. The molecule has 0 amide bonds. The van der Waals surface area contributed by atoms with Crippen LogP contribution in [0.4, 0.5) is 0 Å². The van der Waals surface area contributed by atoms with Crippen LogP contribution < -0.4 is 0 Å². The summed E-state index contributed by atoms with van der Waals surface area (Å²) >= 11 is 0. The van der Waals surface area contributed by atoms with E-state index in [1.54, 1.807) is 6.33 Å². The molecule has 0 bridgehead atoms. The number of rotatable bonds is 1. The summed E-state index contributed by atoms with van der Waals surface area (Å²) < 4.78 is 0. The minimum absolute atomic E-state index is 0.993. The molecular weight excluding hydrogens is 208 g/mol. The zero-order valence-corrected chi connectivity index (χ0v) is 10.1. The van der Waals surface area contributed by atoms with Crippen LogP contribution >= 0.6 is 0 Å².